The molecule has 0 aliphatic carbocycles. The summed E-state index contributed by atoms with van der Waals surface area (Å²) >= 11 is 1.39. The molecule has 0 fully saturated rings. The summed E-state index contributed by atoms with van der Waals surface area (Å²) in [6.07, 6.45) is 3.64. The number of thiophene rings is 1. The van der Waals surface area contributed by atoms with Crippen molar-refractivity contribution in [2.75, 3.05) is 13.2 Å². The van der Waals surface area contributed by atoms with Crippen LogP contribution in [0.3, 0.4) is 0 Å². The Morgan fingerprint density at radius 1 is 1.00 bits per heavy atom. The normalized spacial score (nSPS) is 10.7. The molecule has 0 bridgehead atoms. The zero-order valence-electron chi connectivity index (χ0n) is 16.5. The van der Waals surface area contributed by atoms with Crippen LogP contribution in [0.2, 0.25) is 0 Å². The van der Waals surface area contributed by atoms with Gasteiger partial charge in [-0.15, -0.1) is 11.3 Å². The van der Waals surface area contributed by atoms with E-state index in [1.54, 1.807) is 12.1 Å². The Kier molecular flexibility index (Phi) is 8.23. The van der Waals surface area contributed by atoms with Gasteiger partial charge in [0.15, 0.2) is 0 Å². The number of ether oxygens (including phenoxy) is 2. The van der Waals surface area contributed by atoms with E-state index in [-0.39, 0.29) is 12.5 Å². The summed E-state index contributed by atoms with van der Waals surface area (Å²) in [5, 5.41) is 4.65. The van der Waals surface area contributed by atoms with E-state index in [0.717, 1.165) is 16.9 Å². The molecule has 3 rings (SSSR count). The van der Waals surface area contributed by atoms with Crippen molar-refractivity contribution in [3.05, 3.63) is 94.2 Å². The van der Waals surface area contributed by atoms with Gasteiger partial charge in [0.05, 0.1) is 11.5 Å². The smallest absolute Gasteiger partial charge is 0.330 e. The average molecular weight is 422 g/mol. The Morgan fingerprint density at radius 2 is 1.87 bits per heavy atom. The summed E-state index contributed by atoms with van der Waals surface area (Å²) < 4.78 is 11.0. The maximum atomic E-state index is 11.9. The molecular weight excluding hydrogens is 398 g/mol. The lowest BCUT2D eigenvalue weighted by Gasteiger charge is -2.07. The van der Waals surface area contributed by atoms with E-state index in [0.29, 0.717) is 24.4 Å². The van der Waals surface area contributed by atoms with E-state index in [2.05, 4.69) is 5.32 Å². The third kappa shape index (κ3) is 7.22. The molecule has 0 aliphatic heterocycles. The molecule has 5 nitrogen and oxygen atoms in total. The highest BCUT2D eigenvalue weighted by molar-refractivity contribution is 7.12. The van der Waals surface area contributed by atoms with Gasteiger partial charge in [-0.2, -0.15) is 0 Å². The maximum absolute atomic E-state index is 11.9. The van der Waals surface area contributed by atoms with E-state index < -0.39 is 5.97 Å². The predicted molar refractivity (Wildman–Crippen MR) is 118 cm³/mol. The third-order valence-corrected chi connectivity index (χ3v) is 4.98. The molecule has 30 heavy (non-hydrogen) atoms. The van der Waals surface area contributed by atoms with Gasteiger partial charge in [-0.05, 0) is 47.2 Å². The number of hydrogen-bond donors (Lipinski definition) is 1. The van der Waals surface area contributed by atoms with Gasteiger partial charge in [-0.1, -0.05) is 48.5 Å². The van der Waals surface area contributed by atoms with Crippen molar-refractivity contribution in [1.29, 1.82) is 0 Å². The maximum Gasteiger partial charge on any atom is 0.330 e. The molecule has 0 spiro atoms. The number of hydrogen-bond acceptors (Lipinski definition) is 5. The second-order valence-electron chi connectivity index (χ2n) is 6.43. The minimum absolute atomic E-state index is 0.106. The molecule has 0 saturated carbocycles. The highest BCUT2D eigenvalue weighted by atomic mass is 32.1. The van der Waals surface area contributed by atoms with Gasteiger partial charge in [0, 0.05) is 12.6 Å². The number of benzene rings is 2. The van der Waals surface area contributed by atoms with Crippen LogP contribution in [0.1, 0.15) is 27.2 Å². The SMILES string of the molecule is O=C(/C=C/c1cccc(OCc2ccccc2)c1)OCCCNC(=O)c1cccs1. The summed E-state index contributed by atoms with van der Waals surface area (Å²) in [6, 6.07) is 21.0. The fraction of sp³-hybridized carbons (Fsp3) is 0.167. The van der Waals surface area contributed by atoms with Crippen molar-refractivity contribution in [2.45, 2.75) is 13.0 Å². The number of rotatable bonds is 10. The Bertz CT molecular complexity index is 968. The van der Waals surface area contributed by atoms with Crippen LogP contribution in [0, 0.1) is 0 Å². The number of carbonyl (C=O) groups is 2. The molecule has 0 atom stereocenters. The van der Waals surface area contributed by atoms with E-state index in [9.17, 15) is 9.59 Å². The molecule has 1 heterocycles. The van der Waals surface area contributed by atoms with Gasteiger partial charge in [-0.25, -0.2) is 4.79 Å². The first-order valence-electron chi connectivity index (χ1n) is 9.64. The van der Waals surface area contributed by atoms with E-state index in [1.165, 1.54) is 17.4 Å². The molecule has 154 valence electrons. The first-order chi connectivity index (χ1) is 14.7. The van der Waals surface area contributed by atoms with Crippen LogP contribution in [0.15, 0.2) is 78.2 Å². The second kappa shape index (κ2) is 11.6. The number of amides is 1. The Morgan fingerprint density at radius 3 is 2.67 bits per heavy atom. The van der Waals surface area contributed by atoms with Crippen LogP contribution >= 0.6 is 11.3 Å². The summed E-state index contributed by atoms with van der Waals surface area (Å²) in [7, 11) is 0. The highest BCUT2D eigenvalue weighted by Crippen LogP contribution is 2.16. The largest absolute Gasteiger partial charge is 0.489 e. The standard InChI is InChI=1S/C24H23NO4S/c26-23(28-15-6-14-25-24(27)22-11-5-16-30-22)13-12-19-9-4-10-21(17-19)29-18-20-7-2-1-3-8-20/h1-5,7-13,16-17H,6,14-15,18H2,(H,25,27)/b13-12+. The van der Waals surface area contributed by atoms with E-state index in [4.69, 9.17) is 9.47 Å². The van der Waals surface area contributed by atoms with E-state index >= 15 is 0 Å². The fourth-order valence-electron chi connectivity index (χ4n) is 2.60. The Labute approximate surface area is 180 Å². The molecule has 3 aromatic rings. The van der Waals surface area contributed by atoms with Crippen molar-refractivity contribution in [3.8, 4) is 5.75 Å². The molecule has 0 aliphatic rings. The zero-order chi connectivity index (χ0) is 21.0. The van der Waals surface area contributed by atoms with Crippen molar-refractivity contribution < 1.29 is 19.1 Å². The highest BCUT2D eigenvalue weighted by Gasteiger charge is 2.05. The third-order valence-electron chi connectivity index (χ3n) is 4.11. The lowest BCUT2D eigenvalue weighted by atomic mass is 10.2. The predicted octanol–water partition coefficient (Wildman–Crippen LogP) is 4.70. The van der Waals surface area contributed by atoms with Gasteiger partial charge in [-0.3, -0.25) is 4.79 Å². The van der Waals surface area contributed by atoms with Gasteiger partial charge in [0.1, 0.15) is 12.4 Å². The van der Waals surface area contributed by atoms with Gasteiger partial charge >= 0.3 is 5.97 Å². The average Bonchev–Trinajstić information content (AvgIpc) is 3.32. The topological polar surface area (TPSA) is 64.6 Å². The van der Waals surface area contributed by atoms with Crippen molar-refractivity contribution >= 4 is 29.3 Å². The molecule has 1 amide bonds. The number of esters is 1. The molecule has 1 aromatic heterocycles. The van der Waals surface area contributed by atoms with Gasteiger partial charge < -0.3 is 14.8 Å². The minimum Gasteiger partial charge on any atom is -0.489 e. The first kappa shape index (κ1) is 21.3. The minimum atomic E-state index is -0.421. The van der Waals surface area contributed by atoms with Crippen LogP contribution in [0.4, 0.5) is 0 Å². The molecule has 1 N–H and O–H groups in total. The quantitative estimate of drug-likeness (QED) is 0.293. The van der Waals surface area contributed by atoms with Crippen molar-refractivity contribution in [3.63, 3.8) is 0 Å². The first-order valence-corrected chi connectivity index (χ1v) is 10.5. The molecule has 2 aromatic carbocycles. The lowest BCUT2D eigenvalue weighted by Crippen LogP contribution is -2.24. The van der Waals surface area contributed by atoms with Gasteiger partial charge in [0.25, 0.3) is 5.91 Å². The Balaban J connectivity index is 1.36. The van der Waals surface area contributed by atoms with Crippen molar-refractivity contribution in [1.82, 2.24) is 5.32 Å². The molecule has 0 saturated heterocycles. The summed E-state index contributed by atoms with van der Waals surface area (Å²) in [5.74, 6) is 0.205. The van der Waals surface area contributed by atoms with Gasteiger partial charge in [0.2, 0.25) is 0 Å². The van der Waals surface area contributed by atoms with E-state index in [1.807, 2.05) is 66.0 Å². The van der Waals surface area contributed by atoms with Crippen LogP contribution < -0.4 is 10.1 Å². The summed E-state index contributed by atoms with van der Waals surface area (Å²) in [4.78, 5) is 24.3. The Hall–Kier alpha value is -3.38. The van der Waals surface area contributed by atoms with Crippen LogP contribution in [0.25, 0.3) is 6.08 Å². The number of carbonyl (C=O) groups excluding carboxylic acids is 2. The molecule has 0 radical (unpaired) electrons. The fourth-order valence-corrected chi connectivity index (χ4v) is 3.24. The van der Waals surface area contributed by atoms with Crippen LogP contribution in [-0.2, 0) is 16.1 Å². The second-order valence-corrected chi connectivity index (χ2v) is 7.38. The number of nitrogens with one attached hydrogen (secondary N) is 1. The summed E-state index contributed by atoms with van der Waals surface area (Å²) in [5.41, 5.74) is 1.94. The zero-order valence-corrected chi connectivity index (χ0v) is 17.3. The lowest BCUT2D eigenvalue weighted by molar-refractivity contribution is -0.137. The molecule has 0 unspecified atom stereocenters. The van der Waals surface area contributed by atoms with Crippen molar-refractivity contribution in [2.24, 2.45) is 0 Å². The summed E-state index contributed by atoms with van der Waals surface area (Å²) in [6.45, 7) is 1.18. The molecule has 6 heteroatoms. The monoisotopic (exact) mass is 421 g/mol. The van der Waals surface area contributed by atoms with Crippen LogP contribution in [-0.4, -0.2) is 25.0 Å². The van der Waals surface area contributed by atoms with Crippen LogP contribution in [0.5, 0.6) is 5.75 Å². The molecular formula is C24H23NO4S.